The van der Waals surface area contributed by atoms with E-state index in [1.165, 1.54) is 0 Å². The first-order valence-electron chi connectivity index (χ1n) is 9.47. The van der Waals surface area contributed by atoms with E-state index < -0.39 is 0 Å². The topological polar surface area (TPSA) is 82.2 Å². The predicted octanol–water partition coefficient (Wildman–Crippen LogP) is 1.92. The Labute approximate surface area is 152 Å². The number of likely N-dealkylation sites (tertiary alicyclic amines) is 2. The third kappa shape index (κ3) is 3.30. The van der Waals surface area contributed by atoms with Gasteiger partial charge in [0.2, 0.25) is 11.8 Å². The van der Waals surface area contributed by atoms with Crippen molar-refractivity contribution in [2.75, 3.05) is 26.2 Å². The first-order valence-corrected chi connectivity index (χ1v) is 9.47. The Morgan fingerprint density at radius 2 is 1.96 bits per heavy atom. The van der Waals surface area contributed by atoms with E-state index in [0.29, 0.717) is 13.1 Å². The lowest BCUT2D eigenvalue weighted by molar-refractivity contribution is -0.141. The Hall–Kier alpha value is -2.44. The first-order chi connectivity index (χ1) is 12.6. The van der Waals surface area contributed by atoms with Gasteiger partial charge < -0.3 is 14.8 Å². The Balaban J connectivity index is 1.46. The number of imidazole rings is 1. The number of amides is 2. The van der Waals surface area contributed by atoms with Crippen LogP contribution in [0, 0.1) is 5.92 Å². The second kappa shape index (κ2) is 7.05. The number of nitrogens with one attached hydrogen (secondary N) is 1. The lowest BCUT2D eigenvalue weighted by Crippen LogP contribution is -2.48. The third-order valence-electron chi connectivity index (χ3n) is 5.61. The van der Waals surface area contributed by atoms with Crippen molar-refractivity contribution in [3.63, 3.8) is 0 Å². The summed E-state index contributed by atoms with van der Waals surface area (Å²) in [7, 11) is 0. The van der Waals surface area contributed by atoms with Crippen LogP contribution in [0.3, 0.4) is 0 Å². The van der Waals surface area contributed by atoms with Crippen LogP contribution < -0.4 is 0 Å². The molecule has 2 aliphatic heterocycles. The number of aromatic amines is 1. The highest BCUT2D eigenvalue weighted by molar-refractivity contribution is 5.81. The monoisotopic (exact) mass is 355 g/mol. The zero-order valence-corrected chi connectivity index (χ0v) is 15.1. The molecule has 2 saturated heterocycles. The number of aromatic nitrogens is 3. The fourth-order valence-corrected chi connectivity index (χ4v) is 4.18. The van der Waals surface area contributed by atoms with Gasteiger partial charge in [-0.15, -0.1) is 0 Å². The van der Waals surface area contributed by atoms with Gasteiger partial charge in [-0.25, -0.2) is 9.97 Å². The van der Waals surface area contributed by atoms with Crippen molar-refractivity contribution < 1.29 is 9.59 Å². The molecule has 26 heavy (non-hydrogen) atoms. The maximum absolute atomic E-state index is 13.0. The van der Waals surface area contributed by atoms with E-state index >= 15 is 0 Å². The minimum Gasteiger partial charge on any atom is -0.342 e. The zero-order valence-electron chi connectivity index (χ0n) is 15.1. The Morgan fingerprint density at radius 3 is 2.77 bits per heavy atom. The molecule has 2 fully saturated rings. The van der Waals surface area contributed by atoms with Gasteiger partial charge in [0, 0.05) is 45.2 Å². The second-order valence-corrected chi connectivity index (χ2v) is 7.42. The molecule has 2 amide bonds. The molecule has 0 aromatic carbocycles. The van der Waals surface area contributed by atoms with Crippen LogP contribution in [-0.2, 0) is 9.59 Å². The molecule has 2 atom stereocenters. The molecule has 2 aromatic heterocycles. The SMILES string of the molecule is CC(=O)N1CCCC(C(=O)N2CCCC(c3nc4ncccc4[nH]3)C2)C1. The average Bonchev–Trinajstić information content (AvgIpc) is 3.12. The number of piperidine rings is 2. The van der Waals surface area contributed by atoms with Crippen molar-refractivity contribution >= 4 is 23.0 Å². The van der Waals surface area contributed by atoms with Crippen LogP contribution in [-0.4, -0.2) is 62.7 Å². The summed E-state index contributed by atoms with van der Waals surface area (Å²) >= 11 is 0. The molecule has 7 nitrogen and oxygen atoms in total. The van der Waals surface area contributed by atoms with E-state index in [1.54, 1.807) is 18.0 Å². The number of fused-ring (bicyclic) bond motifs is 1. The van der Waals surface area contributed by atoms with Gasteiger partial charge in [-0.1, -0.05) is 0 Å². The molecule has 2 aromatic rings. The summed E-state index contributed by atoms with van der Waals surface area (Å²) in [6, 6.07) is 3.87. The van der Waals surface area contributed by atoms with Crippen molar-refractivity contribution in [2.24, 2.45) is 5.92 Å². The third-order valence-corrected chi connectivity index (χ3v) is 5.61. The fourth-order valence-electron chi connectivity index (χ4n) is 4.18. The summed E-state index contributed by atoms with van der Waals surface area (Å²) in [4.78, 5) is 40.7. The van der Waals surface area contributed by atoms with Crippen molar-refractivity contribution in [3.8, 4) is 0 Å². The normalized spacial score (nSPS) is 24.0. The number of carbonyl (C=O) groups excluding carboxylic acids is 2. The first kappa shape index (κ1) is 17.0. The van der Waals surface area contributed by atoms with Gasteiger partial charge in [0.15, 0.2) is 5.65 Å². The second-order valence-electron chi connectivity index (χ2n) is 7.42. The molecule has 0 bridgehead atoms. The molecule has 138 valence electrons. The summed E-state index contributed by atoms with van der Waals surface area (Å²) < 4.78 is 0. The lowest BCUT2D eigenvalue weighted by Gasteiger charge is -2.37. The van der Waals surface area contributed by atoms with Gasteiger partial charge in [-0.3, -0.25) is 9.59 Å². The highest BCUT2D eigenvalue weighted by Gasteiger charge is 2.33. The molecule has 0 spiro atoms. The van der Waals surface area contributed by atoms with Gasteiger partial charge in [0.1, 0.15) is 5.82 Å². The molecule has 2 aliphatic rings. The highest BCUT2D eigenvalue weighted by Crippen LogP contribution is 2.28. The van der Waals surface area contributed by atoms with Crippen LogP contribution >= 0.6 is 0 Å². The minimum atomic E-state index is -0.0660. The van der Waals surface area contributed by atoms with Crippen molar-refractivity contribution in [1.29, 1.82) is 0 Å². The molecule has 4 heterocycles. The quantitative estimate of drug-likeness (QED) is 0.892. The van der Waals surface area contributed by atoms with Gasteiger partial charge in [0.25, 0.3) is 0 Å². The zero-order chi connectivity index (χ0) is 18.1. The van der Waals surface area contributed by atoms with Crippen LogP contribution in [0.1, 0.15) is 44.3 Å². The van der Waals surface area contributed by atoms with Gasteiger partial charge >= 0.3 is 0 Å². The standard InChI is InChI=1S/C19H25N5O2/c1-13(25)23-9-4-6-15(12-23)19(26)24-10-3-5-14(11-24)17-21-16-7-2-8-20-18(16)22-17/h2,7-8,14-15H,3-6,9-12H2,1H3,(H,20,21,22). The van der Waals surface area contributed by atoms with Gasteiger partial charge in [-0.05, 0) is 37.8 Å². The van der Waals surface area contributed by atoms with Crippen LogP contribution in [0.5, 0.6) is 0 Å². The van der Waals surface area contributed by atoms with E-state index in [0.717, 1.165) is 55.8 Å². The van der Waals surface area contributed by atoms with Gasteiger partial charge in [-0.2, -0.15) is 0 Å². The molecular weight excluding hydrogens is 330 g/mol. The van der Waals surface area contributed by atoms with E-state index in [9.17, 15) is 9.59 Å². The number of carbonyl (C=O) groups is 2. The molecule has 2 unspecified atom stereocenters. The molecule has 7 heteroatoms. The lowest BCUT2D eigenvalue weighted by atomic mass is 9.92. The van der Waals surface area contributed by atoms with Crippen molar-refractivity contribution in [2.45, 2.75) is 38.5 Å². The molecule has 4 rings (SSSR count). The average molecular weight is 355 g/mol. The summed E-state index contributed by atoms with van der Waals surface area (Å²) in [6.45, 7) is 4.40. The Kier molecular flexibility index (Phi) is 4.61. The minimum absolute atomic E-state index is 0.0637. The largest absolute Gasteiger partial charge is 0.342 e. The van der Waals surface area contributed by atoms with Crippen LogP contribution in [0.4, 0.5) is 0 Å². The summed E-state index contributed by atoms with van der Waals surface area (Å²) in [5.41, 5.74) is 1.67. The van der Waals surface area contributed by atoms with Crippen molar-refractivity contribution in [1.82, 2.24) is 24.8 Å². The van der Waals surface area contributed by atoms with Gasteiger partial charge in [0.05, 0.1) is 11.4 Å². The van der Waals surface area contributed by atoms with Crippen LogP contribution in [0.15, 0.2) is 18.3 Å². The van der Waals surface area contributed by atoms with Crippen LogP contribution in [0.25, 0.3) is 11.2 Å². The van der Waals surface area contributed by atoms with E-state index in [1.807, 2.05) is 17.0 Å². The van der Waals surface area contributed by atoms with Crippen molar-refractivity contribution in [3.05, 3.63) is 24.2 Å². The maximum atomic E-state index is 13.0. The van der Waals surface area contributed by atoms with Crippen LogP contribution in [0.2, 0.25) is 0 Å². The van der Waals surface area contributed by atoms with E-state index in [4.69, 9.17) is 0 Å². The van der Waals surface area contributed by atoms with E-state index in [2.05, 4.69) is 15.0 Å². The number of hydrogen-bond acceptors (Lipinski definition) is 4. The maximum Gasteiger partial charge on any atom is 0.227 e. The molecular formula is C19H25N5O2. The molecule has 0 radical (unpaired) electrons. The number of rotatable bonds is 2. The Morgan fingerprint density at radius 1 is 1.15 bits per heavy atom. The fraction of sp³-hybridized carbons (Fsp3) is 0.579. The number of hydrogen-bond donors (Lipinski definition) is 1. The molecule has 0 saturated carbocycles. The molecule has 1 N–H and O–H groups in total. The summed E-state index contributed by atoms with van der Waals surface area (Å²) in [5.74, 6) is 1.33. The number of pyridine rings is 1. The molecule has 0 aliphatic carbocycles. The summed E-state index contributed by atoms with van der Waals surface area (Å²) in [6.07, 6.45) is 5.52. The number of H-pyrrole nitrogens is 1. The number of nitrogens with zero attached hydrogens (tertiary/aromatic N) is 4. The summed E-state index contributed by atoms with van der Waals surface area (Å²) in [5, 5.41) is 0. The Bertz CT molecular complexity index is 784. The predicted molar refractivity (Wildman–Crippen MR) is 97.4 cm³/mol. The van der Waals surface area contributed by atoms with E-state index in [-0.39, 0.29) is 23.7 Å². The smallest absolute Gasteiger partial charge is 0.227 e. The highest BCUT2D eigenvalue weighted by atomic mass is 16.2.